The summed E-state index contributed by atoms with van der Waals surface area (Å²) in [5, 5.41) is 3.42. The van der Waals surface area contributed by atoms with Gasteiger partial charge in [0.05, 0.1) is 12.0 Å². The maximum Gasteiger partial charge on any atom is 0.0925 e. The molecule has 0 amide bonds. The van der Waals surface area contributed by atoms with Crippen LogP contribution < -0.4 is 5.32 Å². The van der Waals surface area contributed by atoms with Crippen molar-refractivity contribution in [3.05, 3.63) is 17.7 Å². The first-order valence-corrected chi connectivity index (χ1v) is 5.84. The molecule has 1 unspecified atom stereocenters. The van der Waals surface area contributed by atoms with Crippen molar-refractivity contribution in [2.24, 2.45) is 0 Å². The van der Waals surface area contributed by atoms with Crippen LogP contribution in [-0.2, 0) is 6.54 Å². The molecule has 0 saturated carbocycles. The van der Waals surface area contributed by atoms with Gasteiger partial charge in [0.25, 0.3) is 0 Å². The number of rotatable bonds is 5. The van der Waals surface area contributed by atoms with E-state index in [1.54, 1.807) is 6.33 Å². The molecule has 0 radical (unpaired) electrons. The Morgan fingerprint density at radius 3 is 3.00 bits per heavy atom. The fraction of sp³-hybridized carbons (Fsp3) is 0.667. The van der Waals surface area contributed by atoms with Crippen molar-refractivity contribution in [2.75, 3.05) is 12.0 Å². The van der Waals surface area contributed by atoms with E-state index < -0.39 is 0 Å². The minimum Gasteiger partial charge on any atom is -0.348 e. The molecule has 1 aromatic heterocycles. The Morgan fingerprint density at radius 1 is 1.69 bits per heavy atom. The number of H-pyrrole nitrogens is 1. The highest BCUT2D eigenvalue weighted by Crippen LogP contribution is 2.01. The minimum atomic E-state index is 0.547. The summed E-state index contributed by atoms with van der Waals surface area (Å²) in [6.07, 6.45) is 3.86. The van der Waals surface area contributed by atoms with E-state index in [4.69, 9.17) is 0 Å². The van der Waals surface area contributed by atoms with Crippen LogP contribution in [0.3, 0.4) is 0 Å². The standard InChI is InChI=1S/C9H17N3S/c1-7(5-13-3)10-4-9-8(2)11-6-12-9/h6-7,10H,4-5H2,1-3H3,(H,11,12). The lowest BCUT2D eigenvalue weighted by Gasteiger charge is -2.10. The van der Waals surface area contributed by atoms with Gasteiger partial charge in [-0.2, -0.15) is 11.8 Å². The molecule has 1 heterocycles. The van der Waals surface area contributed by atoms with Crippen LogP contribution in [0, 0.1) is 6.92 Å². The van der Waals surface area contributed by atoms with E-state index in [0.29, 0.717) is 6.04 Å². The maximum atomic E-state index is 4.22. The van der Waals surface area contributed by atoms with Gasteiger partial charge in [0, 0.05) is 24.0 Å². The lowest BCUT2D eigenvalue weighted by molar-refractivity contribution is 0.588. The van der Waals surface area contributed by atoms with E-state index in [1.807, 2.05) is 18.7 Å². The third-order valence-electron chi connectivity index (χ3n) is 1.97. The van der Waals surface area contributed by atoms with Crippen molar-refractivity contribution in [1.29, 1.82) is 0 Å². The SMILES string of the molecule is CSCC(C)NCc1nc[nH]c1C. The van der Waals surface area contributed by atoms with Crippen LogP contribution in [-0.4, -0.2) is 28.0 Å². The van der Waals surface area contributed by atoms with Crippen LogP contribution in [0.15, 0.2) is 6.33 Å². The lowest BCUT2D eigenvalue weighted by atomic mass is 10.3. The molecular formula is C9H17N3S. The van der Waals surface area contributed by atoms with Crippen LogP contribution >= 0.6 is 11.8 Å². The van der Waals surface area contributed by atoms with Gasteiger partial charge >= 0.3 is 0 Å². The second-order valence-electron chi connectivity index (χ2n) is 3.21. The predicted octanol–water partition coefficient (Wildman–Crippen LogP) is 1.56. The zero-order valence-corrected chi connectivity index (χ0v) is 9.24. The topological polar surface area (TPSA) is 40.7 Å². The van der Waals surface area contributed by atoms with Gasteiger partial charge in [0.2, 0.25) is 0 Å². The van der Waals surface area contributed by atoms with Gasteiger partial charge in [-0.15, -0.1) is 0 Å². The number of aryl methyl sites for hydroxylation is 1. The van der Waals surface area contributed by atoms with Gasteiger partial charge in [-0.05, 0) is 20.1 Å². The Hall–Kier alpha value is -0.480. The number of nitrogens with zero attached hydrogens (tertiary/aromatic N) is 1. The molecule has 1 atom stereocenters. The maximum absolute atomic E-state index is 4.22. The monoisotopic (exact) mass is 199 g/mol. The first-order valence-electron chi connectivity index (χ1n) is 4.45. The second-order valence-corrected chi connectivity index (χ2v) is 4.12. The van der Waals surface area contributed by atoms with E-state index in [9.17, 15) is 0 Å². The van der Waals surface area contributed by atoms with E-state index >= 15 is 0 Å². The molecule has 1 aromatic rings. The van der Waals surface area contributed by atoms with Crippen molar-refractivity contribution in [3.63, 3.8) is 0 Å². The number of thioether (sulfide) groups is 1. The number of aromatic amines is 1. The van der Waals surface area contributed by atoms with Crippen LogP contribution in [0.2, 0.25) is 0 Å². The van der Waals surface area contributed by atoms with Crippen molar-refractivity contribution in [1.82, 2.24) is 15.3 Å². The molecule has 0 fully saturated rings. The van der Waals surface area contributed by atoms with Crippen molar-refractivity contribution >= 4 is 11.8 Å². The van der Waals surface area contributed by atoms with Crippen LogP contribution in [0.1, 0.15) is 18.3 Å². The summed E-state index contributed by atoms with van der Waals surface area (Å²) in [5.74, 6) is 1.14. The Labute approximate surface area is 83.7 Å². The molecule has 3 nitrogen and oxygen atoms in total. The van der Waals surface area contributed by atoms with Gasteiger partial charge < -0.3 is 10.3 Å². The van der Waals surface area contributed by atoms with Crippen molar-refractivity contribution in [3.8, 4) is 0 Å². The van der Waals surface area contributed by atoms with Gasteiger partial charge in [0.15, 0.2) is 0 Å². The first kappa shape index (κ1) is 10.6. The zero-order chi connectivity index (χ0) is 9.68. The van der Waals surface area contributed by atoms with Gasteiger partial charge in [0.1, 0.15) is 0 Å². The second kappa shape index (κ2) is 5.29. The number of nitrogens with one attached hydrogen (secondary N) is 2. The first-order chi connectivity index (χ1) is 6.24. The molecule has 4 heteroatoms. The fourth-order valence-corrected chi connectivity index (χ4v) is 1.76. The Kier molecular flexibility index (Phi) is 4.32. The average molecular weight is 199 g/mol. The minimum absolute atomic E-state index is 0.547. The third kappa shape index (κ3) is 3.40. The van der Waals surface area contributed by atoms with Crippen molar-refractivity contribution in [2.45, 2.75) is 26.4 Å². The molecule has 0 saturated heterocycles. The zero-order valence-electron chi connectivity index (χ0n) is 8.42. The summed E-state index contributed by atoms with van der Waals surface area (Å²) in [6, 6.07) is 0.547. The number of imidazole rings is 1. The number of aromatic nitrogens is 2. The molecule has 0 aliphatic rings. The highest BCUT2D eigenvalue weighted by atomic mass is 32.2. The van der Waals surface area contributed by atoms with Crippen LogP contribution in [0.4, 0.5) is 0 Å². The Balaban J connectivity index is 2.30. The van der Waals surface area contributed by atoms with Gasteiger partial charge in [-0.25, -0.2) is 4.98 Å². The van der Waals surface area contributed by atoms with E-state index in [2.05, 4.69) is 28.5 Å². The summed E-state index contributed by atoms with van der Waals surface area (Å²) >= 11 is 1.86. The summed E-state index contributed by atoms with van der Waals surface area (Å²) in [4.78, 5) is 7.29. The lowest BCUT2D eigenvalue weighted by Crippen LogP contribution is -2.27. The highest BCUT2D eigenvalue weighted by molar-refractivity contribution is 7.98. The summed E-state index contributed by atoms with van der Waals surface area (Å²) in [6.45, 7) is 5.10. The van der Waals surface area contributed by atoms with Gasteiger partial charge in [-0.1, -0.05) is 0 Å². The summed E-state index contributed by atoms with van der Waals surface area (Å²) < 4.78 is 0. The quantitative estimate of drug-likeness (QED) is 0.756. The van der Waals surface area contributed by atoms with Gasteiger partial charge in [-0.3, -0.25) is 0 Å². The number of hydrogen-bond acceptors (Lipinski definition) is 3. The van der Waals surface area contributed by atoms with E-state index in [1.165, 1.54) is 0 Å². The smallest absolute Gasteiger partial charge is 0.0925 e. The predicted molar refractivity (Wildman–Crippen MR) is 58.0 cm³/mol. The molecule has 0 aliphatic carbocycles. The molecule has 0 bridgehead atoms. The molecule has 0 aliphatic heterocycles. The Bertz CT molecular complexity index is 247. The number of hydrogen-bond donors (Lipinski definition) is 2. The molecule has 2 N–H and O–H groups in total. The summed E-state index contributed by atoms with van der Waals surface area (Å²) in [5.41, 5.74) is 2.27. The molecular weight excluding hydrogens is 182 g/mol. The fourth-order valence-electron chi connectivity index (χ4n) is 1.15. The summed E-state index contributed by atoms with van der Waals surface area (Å²) in [7, 11) is 0. The van der Waals surface area contributed by atoms with E-state index in [-0.39, 0.29) is 0 Å². The molecule has 0 aromatic carbocycles. The van der Waals surface area contributed by atoms with Crippen molar-refractivity contribution < 1.29 is 0 Å². The normalized spacial score (nSPS) is 13.2. The van der Waals surface area contributed by atoms with Crippen LogP contribution in [0.25, 0.3) is 0 Å². The molecule has 1 rings (SSSR count). The molecule has 13 heavy (non-hydrogen) atoms. The molecule has 74 valence electrons. The highest BCUT2D eigenvalue weighted by Gasteiger charge is 2.03. The Morgan fingerprint density at radius 2 is 2.46 bits per heavy atom. The average Bonchev–Trinajstić information content (AvgIpc) is 2.48. The van der Waals surface area contributed by atoms with Crippen LogP contribution in [0.5, 0.6) is 0 Å². The largest absolute Gasteiger partial charge is 0.348 e. The van der Waals surface area contributed by atoms with E-state index in [0.717, 1.165) is 23.7 Å². The third-order valence-corrected chi connectivity index (χ3v) is 2.80. The molecule has 0 spiro atoms.